The number of ether oxygens (including phenoxy) is 1. The molecule has 0 unspecified atom stereocenters. The molecule has 5 heteroatoms. The van der Waals surface area contributed by atoms with Gasteiger partial charge in [-0.1, -0.05) is 31.0 Å². The Balaban J connectivity index is 1.55. The SMILES string of the molecule is O=C(COc1ccn(-c2ccccc2)n1)N1CCCCCC1. The van der Waals surface area contributed by atoms with Crippen LogP contribution in [0.1, 0.15) is 25.7 Å². The summed E-state index contributed by atoms with van der Waals surface area (Å²) >= 11 is 0. The van der Waals surface area contributed by atoms with Gasteiger partial charge in [-0.2, -0.15) is 0 Å². The maximum atomic E-state index is 12.2. The monoisotopic (exact) mass is 299 g/mol. The standard InChI is InChI=1S/C17H21N3O2/c21-17(19-11-6-1-2-7-12-19)14-22-16-10-13-20(18-16)15-8-4-3-5-9-15/h3-5,8-10,13H,1-2,6-7,11-12,14H2. The first kappa shape index (κ1) is 14.6. The number of para-hydroxylation sites is 1. The van der Waals surface area contributed by atoms with Crippen LogP contribution >= 0.6 is 0 Å². The van der Waals surface area contributed by atoms with Gasteiger partial charge in [0.1, 0.15) is 0 Å². The molecule has 1 amide bonds. The van der Waals surface area contributed by atoms with Crippen molar-refractivity contribution in [1.82, 2.24) is 14.7 Å². The van der Waals surface area contributed by atoms with Crippen molar-refractivity contribution in [2.75, 3.05) is 19.7 Å². The van der Waals surface area contributed by atoms with E-state index in [4.69, 9.17) is 4.74 Å². The average molecular weight is 299 g/mol. The molecule has 0 bridgehead atoms. The molecule has 1 aliphatic rings. The van der Waals surface area contributed by atoms with Gasteiger partial charge >= 0.3 is 0 Å². The number of hydrogen-bond donors (Lipinski definition) is 0. The van der Waals surface area contributed by atoms with Crippen molar-refractivity contribution >= 4 is 5.91 Å². The molecule has 116 valence electrons. The number of amides is 1. The number of hydrogen-bond acceptors (Lipinski definition) is 3. The van der Waals surface area contributed by atoms with E-state index in [2.05, 4.69) is 5.10 Å². The van der Waals surface area contributed by atoms with E-state index < -0.39 is 0 Å². The molecule has 0 radical (unpaired) electrons. The summed E-state index contributed by atoms with van der Waals surface area (Å²) in [7, 11) is 0. The minimum atomic E-state index is 0.0520. The van der Waals surface area contributed by atoms with Crippen LogP contribution in [-0.2, 0) is 4.79 Å². The van der Waals surface area contributed by atoms with Crippen LogP contribution in [0.5, 0.6) is 5.88 Å². The van der Waals surface area contributed by atoms with Crippen LogP contribution in [0.3, 0.4) is 0 Å². The second kappa shape index (κ2) is 7.11. The fraction of sp³-hybridized carbons (Fsp3) is 0.412. The van der Waals surface area contributed by atoms with Crippen LogP contribution in [0.15, 0.2) is 42.6 Å². The molecule has 0 spiro atoms. The highest BCUT2D eigenvalue weighted by Gasteiger charge is 2.16. The van der Waals surface area contributed by atoms with E-state index in [0.29, 0.717) is 5.88 Å². The smallest absolute Gasteiger partial charge is 0.260 e. The first-order valence-electron chi connectivity index (χ1n) is 7.84. The summed E-state index contributed by atoms with van der Waals surface area (Å²) in [6.07, 6.45) is 6.45. The van der Waals surface area contributed by atoms with Crippen molar-refractivity contribution < 1.29 is 9.53 Å². The Hall–Kier alpha value is -2.30. The van der Waals surface area contributed by atoms with E-state index in [0.717, 1.165) is 31.6 Å². The van der Waals surface area contributed by atoms with E-state index in [1.165, 1.54) is 12.8 Å². The molecule has 2 heterocycles. The number of carbonyl (C=O) groups excluding carboxylic acids is 1. The van der Waals surface area contributed by atoms with Crippen molar-refractivity contribution in [2.45, 2.75) is 25.7 Å². The number of benzene rings is 1. The Morgan fingerprint density at radius 3 is 2.50 bits per heavy atom. The normalized spacial score (nSPS) is 15.4. The molecule has 0 saturated carbocycles. The van der Waals surface area contributed by atoms with Crippen molar-refractivity contribution in [2.24, 2.45) is 0 Å². The molecule has 1 saturated heterocycles. The van der Waals surface area contributed by atoms with Gasteiger partial charge in [0.05, 0.1) is 5.69 Å². The molecule has 3 rings (SSSR count). The zero-order chi connectivity index (χ0) is 15.2. The fourth-order valence-electron chi connectivity index (χ4n) is 2.66. The van der Waals surface area contributed by atoms with Crippen molar-refractivity contribution in [3.8, 4) is 11.6 Å². The molecule has 0 aliphatic carbocycles. The van der Waals surface area contributed by atoms with E-state index in [1.807, 2.05) is 41.4 Å². The maximum Gasteiger partial charge on any atom is 0.260 e. The highest BCUT2D eigenvalue weighted by molar-refractivity contribution is 5.77. The predicted molar refractivity (Wildman–Crippen MR) is 84.1 cm³/mol. The van der Waals surface area contributed by atoms with Gasteiger partial charge in [0.15, 0.2) is 6.61 Å². The predicted octanol–water partition coefficient (Wildman–Crippen LogP) is 2.65. The van der Waals surface area contributed by atoms with Crippen LogP contribution in [0.2, 0.25) is 0 Å². The van der Waals surface area contributed by atoms with Crippen LogP contribution < -0.4 is 4.74 Å². The second-order valence-corrected chi connectivity index (χ2v) is 5.52. The lowest BCUT2D eigenvalue weighted by atomic mass is 10.2. The molecule has 0 N–H and O–H groups in total. The molecule has 1 fully saturated rings. The highest BCUT2D eigenvalue weighted by atomic mass is 16.5. The van der Waals surface area contributed by atoms with Crippen LogP contribution in [-0.4, -0.2) is 40.3 Å². The molecular formula is C17H21N3O2. The second-order valence-electron chi connectivity index (χ2n) is 5.52. The molecule has 1 aromatic carbocycles. The molecule has 5 nitrogen and oxygen atoms in total. The zero-order valence-corrected chi connectivity index (χ0v) is 12.6. The number of carbonyl (C=O) groups is 1. The minimum Gasteiger partial charge on any atom is -0.466 e. The summed E-state index contributed by atoms with van der Waals surface area (Å²) in [6.45, 7) is 1.76. The first-order chi connectivity index (χ1) is 10.8. The van der Waals surface area contributed by atoms with Gasteiger partial charge in [-0.15, -0.1) is 5.10 Å². The van der Waals surface area contributed by atoms with Crippen LogP contribution in [0, 0.1) is 0 Å². The first-order valence-corrected chi connectivity index (χ1v) is 7.84. The number of aromatic nitrogens is 2. The fourth-order valence-corrected chi connectivity index (χ4v) is 2.66. The van der Waals surface area contributed by atoms with Gasteiger partial charge in [0.2, 0.25) is 5.88 Å². The Bertz CT molecular complexity index is 601. The molecular weight excluding hydrogens is 278 g/mol. The summed E-state index contributed by atoms with van der Waals surface area (Å²) in [5.41, 5.74) is 0.969. The molecule has 1 aliphatic heterocycles. The van der Waals surface area contributed by atoms with E-state index in [-0.39, 0.29) is 12.5 Å². The third-order valence-corrected chi connectivity index (χ3v) is 3.89. The summed E-state index contributed by atoms with van der Waals surface area (Å²) in [4.78, 5) is 14.1. The molecule has 2 aromatic rings. The molecule has 0 atom stereocenters. The van der Waals surface area contributed by atoms with Crippen molar-refractivity contribution in [3.63, 3.8) is 0 Å². The Labute approximate surface area is 130 Å². The van der Waals surface area contributed by atoms with Crippen LogP contribution in [0.4, 0.5) is 0 Å². The lowest BCUT2D eigenvalue weighted by Crippen LogP contribution is -2.35. The van der Waals surface area contributed by atoms with Gasteiger partial charge in [-0.05, 0) is 25.0 Å². The number of rotatable bonds is 4. The van der Waals surface area contributed by atoms with Crippen molar-refractivity contribution in [1.29, 1.82) is 0 Å². The molecule has 1 aromatic heterocycles. The van der Waals surface area contributed by atoms with E-state index in [9.17, 15) is 4.79 Å². The van der Waals surface area contributed by atoms with E-state index >= 15 is 0 Å². The van der Waals surface area contributed by atoms with Gasteiger partial charge in [-0.25, -0.2) is 4.68 Å². The Morgan fingerprint density at radius 2 is 1.77 bits per heavy atom. The third kappa shape index (κ3) is 3.67. The lowest BCUT2D eigenvalue weighted by Gasteiger charge is -2.19. The lowest BCUT2D eigenvalue weighted by molar-refractivity contribution is -0.133. The zero-order valence-electron chi connectivity index (χ0n) is 12.6. The largest absolute Gasteiger partial charge is 0.466 e. The van der Waals surface area contributed by atoms with E-state index in [1.54, 1.807) is 10.7 Å². The van der Waals surface area contributed by atoms with Crippen molar-refractivity contribution in [3.05, 3.63) is 42.6 Å². The summed E-state index contributed by atoms with van der Waals surface area (Å²) in [5, 5.41) is 4.34. The van der Waals surface area contributed by atoms with Gasteiger partial charge in [0, 0.05) is 25.4 Å². The summed E-state index contributed by atoms with van der Waals surface area (Å²) < 4.78 is 7.28. The molecule has 22 heavy (non-hydrogen) atoms. The van der Waals surface area contributed by atoms with Crippen LogP contribution in [0.25, 0.3) is 5.69 Å². The Kier molecular flexibility index (Phi) is 4.73. The Morgan fingerprint density at radius 1 is 1.05 bits per heavy atom. The van der Waals surface area contributed by atoms with Gasteiger partial charge < -0.3 is 9.64 Å². The van der Waals surface area contributed by atoms with Gasteiger partial charge in [-0.3, -0.25) is 4.79 Å². The quantitative estimate of drug-likeness (QED) is 0.872. The average Bonchev–Trinajstić information content (AvgIpc) is 2.87. The summed E-state index contributed by atoms with van der Waals surface area (Å²) in [5.74, 6) is 0.531. The number of nitrogens with zero attached hydrogens (tertiary/aromatic N) is 3. The third-order valence-electron chi connectivity index (χ3n) is 3.89. The highest BCUT2D eigenvalue weighted by Crippen LogP contribution is 2.13. The van der Waals surface area contributed by atoms with Gasteiger partial charge in [0.25, 0.3) is 5.91 Å². The topological polar surface area (TPSA) is 47.4 Å². The maximum absolute atomic E-state index is 12.2. The number of likely N-dealkylation sites (tertiary alicyclic amines) is 1. The minimum absolute atomic E-state index is 0.0520. The summed E-state index contributed by atoms with van der Waals surface area (Å²) in [6, 6.07) is 11.6.